The SMILES string of the molecule is CC[C@@H](C)c1ccc(OCC(=O)N/N=C\c2cc(N=Nc3cccc(Br)c3)ccc2O)cc1. The van der Waals surface area contributed by atoms with Crippen LogP contribution in [0.4, 0.5) is 11.4 Å². The van der Waals surface area contributed by atoms with Crippen LogP contribution in [0.15, 0.2) is 86.5 Å². The van der Waals surface area contributed by atoms with Crippen molar-refractivity contribution >= 4 is 39.4 Å². The topological polar surface area (TPSA) is 95.6 Å². The van der Waals surface area contributed by atoms with Crippen molar-refractivity contribution in [1.29, 1.82) is 0 Å². The predicted molar refractivity (Wildman–Crippen MR) is 133 cm³/mol. The van der Waals surface area contributed by atoms with E-state index in [9.17, 15) is 9.90 Å². The van der Waals surface area contributed by atoms with E-state index in [-0.39, 0.29) is 12.4 Å². The number of carbonyl (C=O) groups excluding carboxylic acids is 1. The maximum absolute atomic E-state index is 12.0. The number of benzene rings is 3. The van der Waals surface area contributed by atoms with E-state index in [1.807, 2.05) is 48.5 Å². The molecule has 0 fully saturated rings. The summed E-state index contributed by atoms with van der Waals surface area (Å²) in [6, 6.07) is 19.9. The summed E-state index contributed by atoms with van der Waals surface area (Å²) >= 11 is 3.39. The molecule has 8 heteroatoms. The molecule has 0 aliphatic heterocycles. The molecular weight excluding hydrogens is 484 g/mol. The molecule has 0 heterocycles. The number of aromatic hydroxyl groups is 1. The summed E-state index contributed by atoms with van der Waals surface area (Å²) in [6.45, 7) is 4.14. The fraction of sp³-hybridized carbons (Fsp3) is 0.200. The quantitative estimate of drug-likeness (QED) is 0.193. The zero-order valence-electron chi connectivity index (χ0n) is 18.4. The number of phenolic OH excluding ortho intramolecular Hbond substituents is 1. The Kier molecular flexibility index (Phi) is 8.71. The van der Waals surface area contributed by atoms with Gasteiger partial charge >= 0.3 is 0 Å². The van der Waals surface area contributed by atoms with Crippen molar-refractivity contribution in [3.8, 4) is 11.5 Å². The first-order valence-electron chi connectivity index (χ1n) is 10.5. The zero-order valence-corrected chi connectivity index (χ0v) is 20.0. The van der Waals surface area contributed by atoms with Crippen molar-refractivity contribution in [1.82, 2.24) is 5.43 Å². The molecule has 0 saturated carbocycles. The van der Waals surface area contributed by atoms with E-state index in [1.54, 1.807) is 12.1 Å². The summed E-state index contributed by atoms with van der Waals surface area (Å²) in [4.78, 5) is 12.0. The van der Waals surface area contributed by atoms with Crippen LogP contribution in [0.25, 0.3) is 0 Å². The Labute approximate surface area is 201 Å². The molecule has 0 aliphatic carbocycles. The molecule has 3 rings (SSSR count). The molecule has 2 N–H and O–H groups in total. The monoisotopic (exact) mass is 508 g/mol. The molecule has 0 aliphatic rings. The molecular formula is C25H25BrN4O3. The minimum absolute atomic E-state index is 0.00653. The first-order chi connectivity index (χ1) is 15.9. The number of phenols is 1. The molecule has 3 aromatic rings. The highest BCUT2D eigenvalue weighted by atomic mass is 79.9. The fourth-order valence-corrected chi connectivity index (χ4v) is 3.23. The normalized spacial score (nSPS) is 12.2. The second kappa shape index (κ2) is 11.9. The van der Waals surface area contributed by atoms with Crippen LogP contribution in [-0.2, 0) is 4.79 Å². The number of ether oxygens (including phenoxy) is 1. The number of hydrogen-bond acceptors (Lipinski definition) is 6. The van der Waals surface area contributed by atoms with Gasteiger partial charge in [-0.25, -0.2) is 5.43 Å². The first kappa shape index (κ1) is 24.1. The Balaban J connectivity index is 1.53. The standard InChI is InChI=1S/C25H25BrN4O3/c1-3-17(2)18-7-10-23(11-8-18)33-16-25(32)30-27-15-19-13-22(9-12-24(19)31)29-28-21-6-4-5-20(26)14-21/h4-15,17,31H,3,16H2,1-2H3,(H,30,32)/b27-15-,29-28?/t17-/m1/s1. The predicted octanol–water partition coefficient (Wildman–Crippen LogP) is 6.61. The Bertz CT molecular complexity index is 1150. The lowest BCUT2D eigenvalue weighted by Crippen LogP contribution is -2.24. The molecule has 0 unspecified atom stereocenters. The van der Waals surface area contributed by atoms with Gasteiger partial charge in [0.15, 0.2) is 6.61 Å². The number of amides is 1. The molecule has 7 nitrogen and oxygen atoms in total. The third kappa shape index (κ3) is 7.54. The van der Waals surface area contributed by atoms with Gasteiger partial charge in [-0.15, -0.1) is 0 Å². The number of hydrogen-bond donors (Lipinski definition) is 2. The van der Waals surface area contributed by atoms with Crippen LogP contribution in [0.5, 0.6) is 11.5 Å². The highest BCUT2D eigenvalue weighted by molar-refractivity contribution is 9.10. The number of carbonyl (C=O) groups is 1. The van der Waals surface area contributed by atoms with E-state index >= 15 is 0 Å². The molecule has 170 valence electrons. The summed E-state index contributed by atoms with van der Waals surface area (Å²) in [5.74, 6) is 0.685. The van der Waals surface area contributed by atoms with E-state index in [1.165, 1.54) is 17.8 Å². The lowest BCUT2D eigenvalue weighted by Gasteiger charge is -2.10. The summed E-state index contributed by atoms with van der Waals surface area (Å²) < 4.78 is 6.40. The Hall–Kier alpha value is -3.52. The second-order valence-corrected chi connectivity index (χ2v) is 8.30. The molecule has 33 heavy (non-hydrogen) atoms. The van der Waals surface area contributed by atoms with Crippen LogP contribution in [0.2, 0.25) is 0 Å². The van der Waals surface area contributed by atoms with Crippen molar-refractivity contribution in [3.05, 3.63) is 82.3 Å². The maximum Gasteiger partial charge on any atom is 0.277 e. The Morgan fingerprint density at radius 3 is 2.52 bits per heavy atom. The molecule has 0 saturated heterocycles. The summed E-state index contributed by atoms with van der Waals surface area (Å²) in [5, 5.41) is 22.3. The van der Waals surface area contributed by atoms with Crippen LogP contribution >= 0.6 is 15.9 Å². The van der Waals surface area contributed by atoms with Gasteiger partial charge in [0.25, 0.3) is 5.91 Å². The third-order valence-corrected chi connectivity index (χ3v) is 5.42. The number of rotatable bonds is 9. The van der Waals surface area contributed by atoms with Crippen LogP contribution in [0.3, 0.4) is 0 Å². The lowest BCUT2D eigenvalue weighted by molar-refractivity contribution is -0.123. The van der Waals surface area contributed by atoms with Crippen molar-refractivity contribution in [2.45, 2.75) is 26.2 Å². The molecule has 0 aromatic heterocycles. The van der Waals surface area contributed by atoms with E-state index < -0.39 is 5.91 Å². The third-order valence-electron chi connectivity index (χ3n) is 4.92. The minimum atomic E-state index is -0.415. The highest BCUT2D eigenvalue weighted by Crippen LogP contribution is 2.25. The summed E-state index contributed by atoms with van der Waals surface area (Å²) in [7, 11) is 0. The minimum Gasteiger partial charge on any atom is -0.507 e. The molecule has 0 bridgehead atoms. The van der Waals surface area contributed by atoms with E-state index in [2.05, 4.69) is 50.5 Å². The van der Waals surface area contributed by atoms with E-state index in [0.717, 1.165) is 10.9 Å². The molecule has 1 amide bonds. The van der Waals surface area contributed by atoms with Crippen LogP contribution in [0.1, 0.15) is 37.3 Å². The zero-order chi connectivity index (χ0) is 23.6. The number of halogens is 1. The molecule has 0 radical (unpaired) electrons. The van der Waals surface area contributed by atoms with Gasteiger partial charge in [-0.05, 0) is 66.4 Å². The second-order valence-electron chi connectivity index (χ2n) is 7.38. The van der Waals surface area contributed by atoms with Crippen molar-refractivity contribution in [2.24, 2.45) is 15.3 Å². The number of azo groups is 1. The van der Waals surface area contributed by atoms with Gasteiger partial charge in [-0.2, -0.15) is 15.3 Å². The number of hydrazone groups is 1. The van der Waals surface area contributed by atoms with Crippen molar-refractivity contribution in [3.63, 3.8) is 0 Å². The van der Waals surface area contributed by atoms with Crippen LogP contribution in [-0.4, -0.2) is 23.8 Å². The van der Waals surface area contributed by atoms with Gasteiger partial charge in [0.05, 0.1) is 17.6 Å². The van der Waals surface area contributed by atoms with E-state index in [0.29, 0.717) is 28.6 Å². The summed E-state index contributed by atoms with van der Waals surface area (Å²) in [5.41, 5.74) is 5.23. The maximum atomic E-state index is 12.0. The van der Waals surface area contributed by atoms with Gasteiger partial charge < -0.3 is 9.84 Å². The van der Waals surface area contributed by atoms with Gasteiger partial charge in [0.1, 0.15) is 11.5 Å². The lowest BCUT2D eigenvalue weighted by atomic mass is 9.99. The van der Waals surface area contributed by atoms with Gasteiger partial charge in [-0.3, -0.25) is 4.79 Å². The number of nitrogens with one attached hydrogen (secondary N) is 1. The largest absolute Gasteiger partial charge is 0.507 e. The first-order valence-corrected chi connectivity index (χ1v) is 11.3. The average molecular weight is 509 g/mol. The van der Waals surface area contributed by atoms with Crippen molar-refractivity contribution < 1.29 is 14.6 Å². The van der Waals surface area contributed by atoms with Gasteiger partial charge in [-0.1, -0.05) is 48.0 Å². The molecule has 1 atom stereocenters. The average Bonchev–Trinajstić information content (AvgIpc) is 2.83. The highest BCUT2D eigenvalue weighted by Gasteiger charge is 2.05. The smallest absolute Gasteiger partial charge is 0.277 e. The molecule has 0 spiro atoms. The summed E-state index contributed by atoms with van der Waals surface area (Å²) in [6.07, 6.45) is 2.40. The Morgan fingerprint density at radius 1 is 1.09 bits per heavy atom. The van der Waals surface area contributed by atoms with Crippen molar-refractivity contribution in [2.75, 3.05) is 6.61 Å². The Morgan fingerprint density at radius 2 is 1.82 bits per heavy atom. The number of nitrogens with zero attached hydrogens (tertiary/aromatic N) is 3. The van der Waals surface area contributed by atoms with Gasteiger partial charge in [0.2, 0.25) is 0 Å². The van der Waals surface area contributed by atoms with E-state index in [4.69, 9.17) is 4.74 Å². The fourth-order valence-electron chi connectivity index (χ4n) is 2.84. The van der Waals surface area contributed by atoms with Crippen LogP contribution in [0, 0.1) is 0 Å². The van der Waals surface area contributed by atoms with Crippen LogP contribution < -0.4 is 10.2 Å². The van der Waals surface area contributed by atoms with Gasteiger partial charge in [0, 0.05) is 10.0 Å². The molecule has 3 aromatic carbocycles.